The number of aromatic nitrogens is 1. The molecule has 1 aliphatic rings. The standard InChI is InChI=1S/C23H23N3O2S/c27-22(13-17-25-15-6-5-12-23(25)28)24-14-7-16-26-18-8-1-3-10-20(18)29-21-11-4-2-9-19(21)26/h1-6,8-12,15H,7,13-14,16-17H2,(H,24,27). The lowest BCUT2D eigenvalue weighted by molar-refractivity contribution is -0.121. The maximum atomic E-state index is 12.1. The van der Waals surface area contributed by atoms with Crippen LogP contribution in [0.25, 0.3) is 0 Å². The summed E-state index contributed by atoms with van der Waals surface area (Å²) in [5, 5.41) is 2.97. The lowest BCUT2D eigenvalue weighted by atomic mass is 10.2. The van der Waals surface area contributed by atoms with Crippen molar-refractivity contribution in [3.63, 3.8) is 0 Å². The van der Waals surface area contributed by atoms with Crippen LogP contribution in [0.5, 0.6) is 0 Å². The second-order valence-corrected chi connectivity index (χ2v) is 7.96. The van der Waals surface area contributed by atoms with E-state index in [1.807, 2.05) is 0 Å². The lowest BCUT2D eigenvalue weighted by Gasteiger charge is -2.32. The Morgan fingerprint density at radius 1 is 0.862 bits per heavy atom. The summed E-state index contributed by atoms with van der Waals surface area (Å²) in [6, 6.07) is 21.9. The number of carbonyl (C=O) groups excluding carboxylic acids is 1. The summed E-state index contributed by atoms with van der Waals surface area (Å²) in [4.78, 5) is 28.7. The zero-order valence-corrected chi connectivity index (χ0v) is 16.9. The molecule has 6 heteroatoms. The molecule has 0 radical (unpaired) electrons. The van der Waals surface area contributed by atoms with Crippen LogP contribution < -0.4 is 15.8 Å². The summed E-state index contributed by atoms with van der Waals surface area (Å²) in [5.74, 6) is -0.0317. The second-order valence-electron chi connectivity index (χ2n) is 6.87. The predicted molar refractivity (Wildman–Crippen MR) is 117 cm³/mol. The third kappa shape index (κ3) is 4.54. The van der Waals surface area contributed by atoms with E-state index in [0.29, 0.717) is 19.5 Å². The van der Waals surface area contributed by atoms with Crippen molar-refractivity contribution in [2.24, 2.45) is 0 Å². The van der Waals surface area contributed by atoms with Gasteiger partial charge in [-0.15, -0.1) is 0 Å². The highest BCUT2D eigenvalue weighted by Crippen LogP contribution is 2.47. The van der Waals surface area contributed by atoms with Crippen molar-refractivity contribution in [2.45, 2.75) is 29.2 Å². The molecule has 2 aromatic carbocycles. The fourth-order valence-corrected chi connectivity index (χ4v) is 4.54. The fraction of sp³-hybridized carbons (Fsp3) is 0.217. The van der Waals surface area contributed by atoms with Gasteiger partial charge in [-0.1, -0.05) is 42.1 Å². The SMILES string of the molecule is O=C(CCn1ccccc1=O)NCCCN1c2ccccc2Sc2ccccc21. The number of carbonyl (C=O) groups is 1. The molecule has 2 heterocycles. The first kappa shape index (κ1) is 19.3. The average Bonchev–Trinajstić information content (AvgIpc) is 2.75. The largest absolute Gasteiger partial charge is 0.356 e. The molecule has 0 spiro atoms. The van der Waals surface area contributed by atoms with Crippen LogP contribution in [0.15, 0.2) is 87.5 Å². The third-order valence-corrected chi connectivity index (χ3v) is 6.02. The van der Waals surface area contributed by atoms with Crippen LogP contribution in [0.4, 0.5) is 11.4 Å². The molecule has 4 rings (SSSR count). The van der Waals surface area contributed by atoms with Gasteiger partial charge in [-0.05, 0) is 36.8 Å². The molecular weight excluding hydrogens is 382 g/mol. The molecule has 0 bridgehead atoms. The fourth-order valence-electron chi connectivity index (χ4n) is 3.44. The van der Waals surface area contributed by atoms with E-state index in [1.165, 1.54) is 27.2 Å². The van der Waals surface area contributed by atoms with E-state index in [1.54, 1.807) is 34.7 Å². The topological polar surface area (TPSA) is 54.3 Å². The molecule has 0 saturated carbocycles. The molecule has 1 amide bonds. The van der Waals surface area contributed by atoms with Gasteiger partial charge in [-0.25, -0.2) is 0 Å². The first-order valence-corrected chi connectivity index (χ1v) is 10.6. The number of aryl methyl sites for hydroxylation is 1. The van der Waals surface area contributed by atoms with Crippen LogP contribution in [0.2, 0.25) is 0 Å². The average molecular weight is 406 g/mol. The quantitative estimate of drug-likeness (QED) is 0.603. The summed E-state index contributed by atoms with van der Waals surface area (Å²) < 4.78 is 1.55. The summed E-state index contributed by atoms with van der Waals surface area (Å²) in [6.07, 6.45) is 2.85. The van der Waals surface area contributed by atoms with Crippen molar-refractivity contribution < 1.29 is 4.79 Å². The monoisotopic (exact) mass is 405 g/mol. The number of para-hydroxylation sites is 2. The van der Waals surface area contributed by atoms with Crippen molar-refractivity contribution in [2.75, 3.05) is 18.0 Å². The number of rotatable bonds is 7. The minimum atomic E-state index is -0.0828. The summed E-state index contributed by atoms with van der Waals surface area (Å²) in [6.45, 7) is 1.83. The number of fused-ring (bicyclic) bond motifs is 2. The number of hydrogen-bond donors (Lipinski definition) is 1. The molecule has 0 atom stereocenters. The molecule has 148 valence electrons. The second kappa shape index (κ2) is 9.01. The van der Waals surface area contributed by atoms with Crippen molar-refractivity contribution in [1.82, 2.24) is 9.88 Å². The van der Waals surface area contributed by atoms with E-state index in [9.17, 15) is 9.59 Å². The zero-order valence-electron chi connectivity index (χ0n) is 16.1. The molecule has 0 unspecified atom stereocenters. The molecule has 29 heavy (non-hydrogen) atoms. The molecule has 1 aliphatic heterocycles. The van der Waals surface area contributed by atoms with E-state index < -0.39 is 0 Å². The highest BCUT2D eigenvalue weighted by atomic mass is 32.2. The van der Waals surface area contributed by atoms with Gasteiger partial charge in [0.25, 0.3) is 5.56 Å². The van der Waals surface area contributed by atoms with Gasteiger partial charge in [-0.3, -0.25) is 9.59 Å². The Hall–Kier alpha value is -2.99. The number of amides is 1. The van der Waals surface area contributed by atoms with E-state index in [0.717, 1.165) is 13.0 Å². The van der Waals surface area contributed by atoms with Crippen LogP contribution >= 0.6 is 11.8 Å². The van der Waals surface area contributed by atoms with Gasteiger partial charge in [0.2, 0.25) is 5.91 Å². The van der Waals surface area contributed by atoms with Crippen LogP contribution in [0.1, 0.15) is 12.8 Å². The van der Waals surface area contributed by atoms with Gasteiger partial charge < -0.3 is 14.8 Å². The maximum absolute atomic E-state index is 12.1. The van der Waals surface area contributed by atoms with E-state index in [4.69, 9.17) is 0 Å². The number of nitrogens with zero attached hydrogens (tertiary/aromatic N) is 2. The van der Waals surface area contributed by atoms with Crippen LogP contribution in [-0.2, 0) is 11.3 Å². The molecule has 3 aromatic rings. The highest BCUT2D eigenvalue weighted by molar-refractivity contribution is 7.99. The Bertz CT molecular complexity index is 1020. The molecular formula is C23H23N3O2S. The van der Waals surface area contributed by atoms with Gasteiger partial charge in [0.15, 0.2) is 0 Å². The molecule has 0 saturated heterocycles. The summed E-state index contributed by atoms with van der Waals surface area (Å²) in [7, 11) is 0. The van der Waals surface area contributed by atoms with Crippen LogP contribution in [-0.4, -0.2) is 23.6 Å². The Labute approximate surface area is 174 Å². The minimum Gasteiger partial charge on any atom is -0.356 e. The van der Waals surface area contributed by atoms with E-state index >= 15 is 0 Å². The number of nitrogens with one attached hydrogen (secondary N) is 1. The Morgan fingerprint density at radius 2 is 1.52 bits per heavy atom. The number of anilines is 2. The van der Waals surface area contributed by atoms with Gasteiger partial charge in [-0.2, -0.15) is 0 Å². The van der Waals surface area contributed by atoms with Crippen LogP contribution in [0, 0.1) is 0 Å². The summed E-state index contributed by atoms with van der Waals surface area (Å²) >= 11 is 1.80. The smallest absolute Gasteiger partial charge is 0.250 e. The summed E-state index contributed by atoms with van der Waals surface area (Å²) in [5.41, 5.74) is 2.34. The van der Waals surface area contributed by atoms with Crippen molar-refractivity contribution >= 4 is 29.0 Å². The molecule has 0 aliphatic carbocycles. The van der Waals surface area contributed by atoms with Crippen molar-refractivity contribution in [3.8, 4) is 0 Å². The third-order valence-electron chi connectivity index (χ3n) is 4.89. The van der Waals surface area contributed by atoms with Gasteiger partial charge in [0, 0.05) is 48.1 Å². The Kier molecular flexibility index (Phi) is 6.00. The van der Waals surface area contributed by atoms with Gasteiger partial charge in [0.05, 0.1) is 11.4 Å². The predicted octanol–water partition coefficient (Wildman–Crippen LogP) is 4.05. The van der Waals surface area contributed by atoms with Crippen molar-refractivity contribution in [1.29, 1.82) is 0 Å². The molecule has 1 aromatic heterocycles. The number of hydrogen-bond acceptors (Lipinski definition) is 4. The van der Waals surface area contributed by atoms with E-state index in [-0.39, 0.29) is 11.5 Å². The maximum Gasteiger partial charge on any atom is 0.250 e. The van der Waals surface area contributed by atoms with Crippen LogP contribution in [0.3, 0.4) is 0 Å². The first-order valence-electron chi connectivity index (χ1n) is 9.78. The first-order chi connectivity index (χ1) is 14.2. The van der Waals surface area contributed by atoms with E-state index in [2.05, 4.69) is 58.7 Å². The molecule has 5 nitrogen and oxygen atoms in total. The van der Waals surface area contributed by atoms with Gasteiger partial charge in [0.1, 0.15) is 0 Å². The molecule has 0 fully saturated rings. The normalized spacial score (nSPS) is 12.2. The Balaban J connectivity index is 1.31. The molecule has 1 N–H and O–H groups in total. The lowest BCUT2D eigenvalue weighted by Crippen LogP contribution is -2.30. The highest BCUT2D eigenvalue weighted by Gasteiger charge is 2.22. The number of pyridine rings is 1. The Morgan fingerprint density at radius 3 is 2.21 bits per heavy atom. The zero-order chi connectivity index (χ0) is 20.1. The van der Waals surface area contributed by atoms with Crippen molar-refractivity contribution in [3.05, 3.63) is 83.3 Å². The minimum absolute atomic E-state index is 0.0317. The van der Waals surface area contributed by atoms with Gasteiger partial charge >= 0.3 is 0 Å². The number of benzene rings is 2.